The summed E-state index contributed by atoms with van der Waals surface area (Å²) in [4.78, 5) is 22.8. The van der Waals surface area contributed by atoms with Gasteiger partial charge in [-0.25, -0.2) is 4.68 Å². The zero-order valence-corrected chi connectivity index (χ0v) is 14.3. The maximum Gasteiger partial charge on any atom is 0.271 e. The monoisotopic (exact) mass is 372 g/mol. The quantitative estimate of drug-likeness (QED) is 0.543. The van der Waals surface area contributed by atoms with E-state index < -0.39 is 10.8 Å². The Bertz CT molecular complexity index is 986. The summed E-state index contributed by atoms with van der Waals surface area (Å²) in [6.45, 7) is 0. The number of methoxy groups -OCH3 is 1. The third-order valence-electron chi connectivity index (χ3n) is 3.56. The van der Waals surface area contributed by atoms with Crippen molar-refractivity contribution in [3.8, 4) is 11.4 Å². The van der Waals surface area contributed by atoms with Crippen molar-refractivity contribution < 1.29 is 14.5 Å². The molecule has 9 heteroatoms. The van der Waals surface area contributed by atoms with Crippen LogP contribution in [0.3, 0.4) is 0 Å². The van der Waals surface area contributed by atoms with E-state index >= 15 is 0 Å². The molecule has 1 N–H and O–H groups in total. The molecule has 3 rings (SSSR count). The van der Waals surface area contributed by atoms with Crippen LogP contribution in [0.5, 0.6) is 5.75 Å². The lowest BCUT2D eigenvalue weighted by Crippen LogP contribution is -2.12. The van der Waals surface area contributed by atoms with Gasteiger partial charge in [0.05, 0.1) is 35.2 Å². The number of hydrogen-bond acceptors (Lipinski definition) is 5. The Morgan fingerprint density at radius 3 is 2.81 bits per heavy atom. The van der Waals surface area contributed by atoms with E-state index in [0.29, 0.717) is 16.5 Å². The summed E-state index contributed by atoms with van der Waals surface area (Å²) in [6, 6.07) is 11.0. The molecule has 0 spiro atoms. The van der Waals surface area contributed by atoms with Crippen LogP contribution in [-0.2, 0) is 0 Å². The molecule has 8 nitrogen and oxygen atoms in total. The summed E-state index contributed by atoms with van der Waals surface area (Å²) in [6.07, 6.45) is 2.92. The highest BCUT2D eigenvalue weighted by atomic mass is 35.5. The lowest BCUT2D eigenvalue weighted by atomic mass is 10.2. The fourth-order valence-corrected chi connectivity index (χ4v) is 2.49. The Labute approximate surface area is 153 Å². The number of nitro benzene ring substituents is 1. The van der Waals surface area contributed by atoms with Crippen molar-refractivity contribution in [1.82, 2.24) is 9.78 Å². The number of nitrogens with zero attached hydrogens (tertiary/aromatic N) is 3. The molecule has 0 aliphatic carbocycles. The van der Waals surface area contributed by atoms with Crippen LogP contribution in [0.25, 0.3) is 5.69 Å². The van der Waals surface area contributed by atoms with Crippen LogP contribution in [0.4, 0.5) is 11.4 Å². The Morgan fingerprint density at radius 1 is 1.31 bits per heavy atom. The average Bonchev–Trinajstić information content (AvgIpc) is 3.12. The SMILES string of the molecule is COc1ccc([N+](=O)[O-])cc1NC(=O)c1cnn(-c2cccc(Cl)c2)c1. The lowest BCUT2D eigenvalue weighted by Gasteiger charge is -2.09. The number of non-ortho nitro benzene ring substituents is 1. The van der Waals surface area contributed by atoms with E-state index in [4.69, 9.17) is 16.3 Å². The van der Waals surface area contributed by atoms with E-state index in [9.17, 15) is 14.9 Å². The highest BCUT2D eigenvalue weighted by molar-refractivity contribution is 6.30. The van der Waals surface area contributed by atoms with E-state index in [1.54, 1.807) is 24.3 Å². The molecule has 0 fully saturated rings. The fourth-order valence-electron chi connectivity index (χ4n) is 2.30. The van der Waals surface area contributed by atoms with Gasteiger partial charge in [-0.3, -0.25) is 14.9 Å². The van der Waals surface area contributed by atoms with E-state index in [-0.39, 0.29) is 16.9 Å². The molecule has 132 valence electrons. The molecule has 1 heterocycles. The topological polar surface area (TPSA) is 99.3 Å². The van der Waals surface area contributed by atoms with Crippen LogP contribution in [-0.4, -0.2) is 27.7 Å². The number of halogens is 1. The number of amides is 1. The highest BCUT2D eigenvalue weighted by Crippen LogP contribution is 2.29. The van der Waals surface area contributed by atoms with Gasteiger partial charge in [-0.1, -0.05) is 17.7 Å². The van der Waals surface area contributed by atoms with E-state index in [2.05, 4.69) is 10.4 Å². The number of benzene rings is 2. The average molecular weight is 373 g/mol. The highest BCUT2D eigenvalue weighted by Gasteiger charge is 2.16. The van der Waals surface area contributed by atoms with Gasteiger partial charge in [0.15, 0.2) is 0 Å². The van der Waals surface area contributed by atoms with Crippen molar-refractivity contribution in [3.05, 3.63) is 75.6 Å². The summed E-state index contributed by atoms with van der Waals surface area (Å²) in [5.74, 6) is -0.164. The van der Waals surface area contributed by atoms with Gasteiger partial charge in [0.25, 0.3) is 11.6 Å². The number of anilines is 1. The standard InChI is InChI=1S/C17H13ClN4O4/c1-26-16-6-5-14(22(24)25)8-15(16)20-17(23)11-9-19-21(10-11)13-4-2-3-12(18)7-13/h2-10H,1H3,(H,20,23). The third-order valence-corrected chi connectivity index (χ3v) is 3.79. The molecule has 0 aliphatic heterocycles. The van der Waals surface area contributed by atoms with Crippen molar-refractivity contribution >= 4 is 28.9 Å². The Morgan fingerprint density at radius 2 is 2.12 bits per heavy atom. The summed E-state index contributed by atoms with van der Waals surface area (Å²) < 4.78 is 6.64. The molecule has 0 saturated heterocycles. The molecule has 3 aromatic rings. The second kappa shape index (κ2) is 7.24. The predicted octanol–water partition coefficient (Wildman–Crippen LogP) is 3.69. The number of nitro groups is 1. The smallest absolute Gasteiger partial charge is 0.271 e. The molecule has 0 unspecified atom stereocenters. The molecule has 2 aromatic carbocycles. The first kappa shape index (κ1) is 17.4. The largest absolute Gasteiger partial charge is 0.495 e. The lowest BCUT2D eigenvalue weighted by molar-refractivity contribution is -0.384. The predicted molar refractivity (Wildman–Crippen MR) is 96.2 cm³/mol. The fraction of sp³-hybridized carbons (Fsp3) is 0.0588. The normalized spacial score (nSPS) is 10.4. The molecular weight excluding hydrogens is 360 g/mol. The first-order valence-electron chi connectivity index (χ1n) is 7.42. The third kappa shape index (κ3) is 3.65. The maximum atomic E-state index is 12.5. The summed E-state index contributed by atoms with van der Waals surface area (Å²) in [5, 5.41) is 18.2. The number of ether oxygens (including phenoxy) is 1. The molecule has 26 heavy (non-hydrogen) atoms. The molecule has 0 radical (unpaired) electrons. The van der Waals surface area contributed by atoms with Crippen LogP contribution in [0.15, 0.2) is 54.9 Å². The molecule has 0 saturated carbocycles. The van der Waals surface area contributed by atoms with Gasteiger partial charge in [0, 0.05) is 23.4 Å². The molecule has 0 aliphatic rings. The Hall–Kier alpha value is -3.39. The van der Waals surface area contributed by atoms with E-state index in [0.717, 1.165) is 0 Å². The number of hydrogen-bond donors (Lipinski definition) is 1. The number of carbonyl (C=O) groups excluding carboxylic acids is 1. The zero-order valence-electron chi connectivity index (χ0n) is 13.5. The van der Waals surface area contributed by atoms with Gasteiger partial charge < -0.3 is 10.1 Å². The molecule has 1 aromatic heterocycles. The molecule has 0 bridgehead atoms. The van der Waals surface area contributed by atoms with E-state index in [1.165, 1.54) is 42.4 Å². The van der Waals surface area contributed by atoms with Crippen molar-refractivity contribution in [2.45, 2.75) is 0 Å². The summed E-state index contributed by atoms with van der Waals surface area (Å²) in [7, 11) is 1.41. The second-order valence-corrected chi connectivity index (χ2v) is 5.69. The van der Waals surface area contributed by atoms with Crippen molar-refractivity contribution in [2.75, 3.05) is 12.4 Å². The summed E-state index contributed by atoms with van der Waals surface area (Å²) in [5.41, 5.74) is 1.01. The number of rotatable bonds is 5. The minimum atomic E-state index is -0.549. The number of carbonyl (C=O) groups is 1. The number of aromatic nitrogens is 2. The van der Waals surface area contributed by atoms with Gasteiger partial charge in [0.1, 0.15) is 5.75 Å². The maximum absolute atomic E-state index is 12.5. The van der Waals surface area contributed by atoms with Gasteiger partial charge in [-0.15, -0.1) is 0 Å². The van der Waals surface area contributed by atoms with Gasteiger partial charge in [-0.2, -0.15) is 5.10 Å². The second-order valence-electron chi connectivity index (χ2n) is 5.25. The van der Waals surface area contributed by atoms with Gasteiger partial charge >= 0.3 is 0 Å². The Balaban J connectivity index is 1.85. The summed E-state index contributed by atoms with van der Waals surface area (Å²) >= 11 is 5.96. The van der Waals surface area contributed by atoms with E-state index in [1.807, 2.05) is 0 Å². The number of nitrogens with one attached hydrogen (secondary N) is 1. The Kier molecular flexibility index (Phi) is 4.85. The van der Waals surface area contributed by atoms with Crippen molar-refractivity contribution in [3.63, 3.8) is 0 Å². The molecule has 0 atom stereocenters. The minimum Gasteiger partial charge on any atom is -0.495 e. The van der Waals surface area contributed by atoms with Crippen LogP contribution in [0, 0.1) is 10.1 Å². The first-order valence-corrected chi connectivity index (χ1v) is 7.80. The van der Waals surface area contributed by atoms with Gasteiger partial charge in [-0.05, 0) is 24.3 Å². The molecular formula is C17H13ClN4O4. The van der Waals surface area contributed by atoms with Crippen LogP contribution < -0.4 is 10.1 Å². The minimum absolute atomic E-state index is 0.157. The van der Waals surface area contributed by atoms with Crippen LogP contribution in [0.2, 0.25) is 5.02 Å². The first-order chi connectivity index (χ1) is 12.5. The van der Waals surface area contributed by atoms with Crippen LogP contribution in [0.1, 0.15) is 10.4 Å². The van der Waals surface area contributed by atoms with Crippen molar-refractivity contribution in [1.29, 1.82) is 0 Å². The zero-order chi connectivity index (χ0) is 18.7. The van der Waals surface area contributed by atoms with Crippen molar-refractivity contribution in [2.24, 2.45) is 0 Å². The van der Waals surface area contributed by atoms with Crippen LogP contribution >= 0.6 is 11.6 Å². The van der Waals surface area contributed by atoms with Gasteiger partial charge in [0.2, 0.25) is 0 Å². The molecule has 1 amide bonds.